The molecule has 0 saturated heterocycles. The van der Waals surface area contributed by atoms with Crippen molar-refractivity contribution in [2.75, 3.05) is 0 Å². The number of hydrogen-bond donors (Lipinski definition) is 3. The molecule has 4 nitrogen and oxygen atoms in total. The van der Waals surface area contributed by atoms with Crippen LogP contribution < -0.4 is 11.3 Å². The highest BCUT2D eigenvalue weighted by Crippen LogP contribution is 2.41. The lowest BCUT2D eigenvalue weighted by molar-refractivity contribution is -0.125. The standard InChI is InChI=1S/C17H15ClN2O2/c18-13-8-7-12-6-5-11-3-1-2-4-14(11)17(22,15(12)9-13)10-16(21)20-19/h1-9,22H,10,19H2,(H,20,21). The lowest BCUT2D eigenvalue weighted by Crippen LogP contribution is -2.39. The van der Waals surface area contributed by atoms with E-state index in [0.717, 1.165) is 11.1 Å². The van der Waals surface area contributed by atoms with Gasteiger partial charge in [-0.05, 0) is 34.4 Å². The number of rotatable bonds is 2. The number of halogens is 1. The molecule has 0 fully saturated rings. The molecule has 1 atom stereocenters. The predicted molar refractivity (Wildman–Crippen MR) is 86.8 cm³/mol. The van der Waals surface area contributed by atoms with E-state index in [1.54, 1.807) is 18.2 Å². The van der Waals surface area contributed by atoms with Gasteiger partial charge in [-0.25, -0.2) is 5.84 Å². The first-order valence-electron chi connectivity index (χ1n) is 6.84. The van der Waals surface area contributed by atoms with Crippen molar-refractivity contribution in [1.29, 1.82) is 0 Å². The van der Waals surface area contributed by atoms with Crippen LogP contribution in [0.4, 0.5) is 0 Å². The van der Waals surface area contributed by atoms with E-state index in [9.17, 15) is 9.90 Å². The SMILES string of the molecule is NNC(=O)CC1(O)c2ccccc2C=Cc2ccc(Cl)cc21. The van der Waals surface area contributed by atoms with Crippen LogP contribution in [0.5, 0.6) is 0 Å². The van der Waals surface area contributed by atoms with Crippen molar-refractivity contribution < 1.29 is 9.90 Å². The fraction of sp³-hybridized carbons (Fsp3) is 0.118. The third-order valence-electron chi connectivity index (χ3n) is 3.89. The minimum Gasteiger partial charge on any atom is -0.380 e. The zero-order valence-corrected chi connectivity index (χ0v) is 12.5. The highest BCUT2D eigenvalue weighted by Gasteiger charge is 2.38. The Morgan fingerprint density at radius 3 is 2.55 bits per heavy atom. The predicted octanol–water partition coefficient (Wildman–Crippen LogP) is 2.44. The lowest BCUT2D eigenvalue weighted by Gasteiger charge is -2.30. The van der Waals surface area contributed by atoms with Crippen LogP contribution in [-0.4, -0.2) is 11.0 Å². The van der Waals surface area contributed by atoms with E-state index in [2.05, 4.69) is 5.43 Å². The van der Waals surface area contributed by atoms with Crippen molar-refractivity contribution >= 4 is 29.7 Å². The minimum atomic E-state index is -1.50. The number of hydrogen-bond acceptors (Lipinski definition) is 3. The number of amides is 1. The normalized spacial score (nSPS) is 19.0. The van der Waals surface area contributed by atoms with Crippen LogP contribution in [0.25, 0.3) is 12.2 Å². The Kier molecular flexibility index (Phi) is 3.74. The Morgan fingerprint density at radius 2 is 1.82 bits per heavy atom. The molecular weight excluding hydrogens is 300 g/mol. The quantitative estimate of drug-likeness (QED) is 0.453. The summed E-state index contributed by atoms with van der Waals surface area (Å²) in [5, 5.41) is 11.9. The van der Waals surface area contributed by atoms with Crippen molar-refractivity contribution in [3.05, 3.63) is 69.7 Å². The minimum absolute atomic E-state index is 0.185. The van der Waals surface area contributed by atoms with Crippen molar-refractivity contribution in [3.63, 3.8) is 0 Å². The average Bonchev–Trinajstić information content (AvgIpc) is 2.64. The fourth-order valence-electron chi connectivity index (χ4n) is 2.85. The van der Waals surface area contributed by atoms with Gasteiger partial charge in [0.05, 0.1) is 6.42 Å². The van der Waals surface area contributed by atoms with Gasteiger partial charge in [0, 0.05) is 5.02 Å². The summed E-state index contributed by atoms with van der Waals surface area (Å²) in [6.45, 7) is 0. The molecule has 3 rings (SSSR count). The van der Waals surface area contributed by atoms with Gasteiger partial charge in [0.25, 0.3) is 0 Å². The van der Waals surface area contributed by atoms with E-state index in [-0.39, 0.29) is 6.42 Å². The summed E-state index contributed by atoms with van der Waals surface area (Å²) in [6.07, 6.45) is 3.64. The van der Waals surface area contributed by atoms with Gasteiger partial charge >= 0.3 is 0 Å². The third-order valence-corrected chi connectivity index (χ3v) is 4.12. The molecule has 1 amide bonds. The number of carbonyl (C=O) groups excluding carboxylic acids is 1. The fourth-order valence-corrected chi connectivity index (χ4v) is 3.02. The molecule has 1 aliphatic rings. The maximum absolute atomic E-state index is 11.9. The second-order valence-corrected chi connectivity index (χ2v) is 5.69. The van der Waals surface area contributed by atoms with Crippen LogP contribution >= 0.6 is 11.6 Å². The first-order valence-corrected chi connectivity index (χ1v) is 7.22. The molecule has 0 radical (unpaired) electrons. The maximum atomic E-state index is 11.9. The molecular formula is C17H15ClN2O2. The van der Waals surface area contributed by atoms with E-state index in [4.69, 9.17) is 17.4 Å². The first-order chi connectivity index (χ1) is 10.5. The van der Waals surface area contributed by atoms with E-state index in [1.165, 1.54) is 0 Å². The number of benzene rings is 2. The Bertz CT molecular complexity index is 773. The lowest BCUT2D eigenvalue weighted by atomic mass is 9.80. The Balaban J connectivity index is 2.28. The summed E-state index contributed by atoms with van der Waals surface area (Å²) in [4.78, 5) is 11.9. The summed E-state index contributed by atoms with van der Waals surface area (Å²) < 4.78 is 0. The molecule has 22 heavy (non-hydrogen) atoms. The number of fused-ring (bicyclic) bond motifs is 2. The summed E-state index contributed by atoms with van der Waals surface area (Å²) >= 11 is 6.09. The molecule has 0 spiro atoms. The monoisotopic (exact) mass is 314 g/mol. The third kappa shape index (κ3) is 2.41. The van der Waals surface area contributed by atoms with Gasteiger partial charge in [-0.2, -0.15) is 0 Å². The average molecular weight is 315 g/mol. The van der Waals surface area contributed by atoms with E-state index >= 15 is 0 Å². The van der Waals surface area contributed by atoms with Gasteiger partial charge < -0.3 is 5.11 Å². The van der Waals surface area contributed by atoms with E-state index in [1.807, 2.05) is 36.4 Å². The van der Waals surface area contributed by atoms with Crippen LogP contribution in [0.15, 0.2) is 42.5 Å². The molecule has 0 heterocycles. The molecule has 4 N–H and O–H groups in total. The molecule has 1 aliphatic carbocycles. The van der Waals surface area contributed by atoms with Crippen LogP contribution in [0.2, 0.25) is 5.02 Å². The van der Waals surface area contributed by atoms with E-state index < -0.39 is 11.5 Å². The Labute approximate surface area is 133 Å². The van der Waals surface area contributed by atoms with Crippen molar-refractivity contribution in [2.45, 2.75) is 12.0 Å². The molecule has 0 bridgehead atoms. The largest absolute Gasteiger partial charge is 0.380 e. The summed E-state index contributed by atoms with van der Waals surface area (Å²) in [5.41, 5.74) is 3.48. The maximum Gasteiger partial charge on any atom is 0.237 e. The van der Waals surface area contributed by atoms with Crippen molar-refractivity contribution in [3.8, 4) is 0 Å². The van der Waals surface area contributed by atoms with Crippen LogP contribution in [0.3, 0.4) is 0 Å². The zero-order valence-electron chi connectivity index (χ0n) is 11.7. The zero-order chi connectivity index (χ0) is 15.7. The summed E-state index contributed by atoms with van der Waals surface area (Å²) in [6, 6.07) is 12.7. The van der Waals surface area contributed by atoms with Gasteiger partial charge in [0.15, 0.2) is 0 Å². The Hall–Kier alpha value is -2.14. The first kappa shape index (κ1) is 14.8. The number of aliphatic hydroxyl groups is 1. The second kappa shape index (κ2) is 5.57. The van der Waals surface area contributed by atoms with Crippen molar-refractivity contribution in [2.24, 2.45) is 5.84 Å². The van der Waals surface area contributed by atoms with Gasteiger partial charge in [-0.15, -0.1) is 0 Å². The van der Waals surface area contributed by atoms with E-state index in [0.29, 0.717) is 16.1 Å². The highest BCUT2D eigenvalue weighted by molar-refractivity contribution is 6.30. The molecule has 2 aromatic carbocycles. The number of nitrogens with two attached hydrogens (primary N) is 1. The molecule has 2 aromatic rings. The summed E-state index contributed by atoms with van der Waals surface area (Å²) in [5.74, 6) is 4.75. The molecule has 112 valence electrons. The number of carbonyl (C=O) groups is 1. The topological polar surface area (TPSA) is 75.3 Å². The number of nitrogens with one attached hydrogen (secondary N) is 1. The van der Waals surface area contributed by atoms with Crippen molar-refractivity contribution in [1.82, 2.24) is 5.43 Å². The van der Waals surface area contributed by atoms with Gasteiger partial charge in [0.2, 0.25) is 5.91 Å². The second-order valence-electron chi connectivity index (χ2n) is 5.26. The highest BCUT2D eigenvalue weighted by atomic mass is 35.5. The smallest absolute Gasteiger partial charge is 0.237 e. The van der Waals surface area contributed by atoms with Crippen LogP contribution in [0.1, 0.15) is 28.7 Å². The number of hydrazine groups is 1. The molecule has 1 unspecified atom stereocenters. The van der Waals surface area contributed by atoms with Gasteiger partial charge in [-0.1, -0.05) is 54.1 Å². The molecule has 0 saturated carbocycles. The Morgan fingerprint density at radius 1 is 1.14 bits per heavy atom. The van der Waals surface area contributed by atoms with Gasteiger partial charge in [0.1, 0.15) is 5.60 Å². The van der Waals surface area contributed by atoms with Gasteiger partial charge in [-0.3, -0.25) is 10.2 Å². The molecule has 5 heteroatoms. The molecule has 0 aliphatic heterocycles. The molecule has 0 aromatic heterocycles. The van der Waals surface area contributed by atoms with Crippen LogP contribution in [-0.2, 0) is 10.4 Å². The summed E-state index contributed by atoms with van der Waals surface area (Å²) in [7, 11) is 0. The van der Waals surface area contributed by atoms with Crippen LogP contribution in [0, 0.1) is 0 Å².